The van der Waals surface area contributed by atoms with Crippen LogP contribution in [0.1, 0.15) is 53.2 Å². The zero-order chi connectivity index (χ0) is 19.5. The quantitative estimate of drug-likeness (QED) is 0.865. The van der Waals surface area contributed by atoms with Gasteiger partial charge in [-0.1, -0.05) is 12.1 Å². The maximum Gasteiger partial charge on any atom is 0.256 e. The zero-order valence-electron chi connectivity index (χ0n) is 17.0. The van der Waals surface area contributed by atoms with Crippen molar-refractivity contribution in [2.24, 2.45) is 0 Å². The van der Waals surface area contributed by atoms with E-state index in [1.54, 1.807) is 25.2 Å². The monoisotopic (exact) mass is 381 g/mol. The van der Waals surface area contributed by atoms with Gasteiger partial charge in [-0.3, -0.25) is 14.8 Å². The van der Waals surface area contributed by atoms with E-state index in [1.165, 1.54) is 37.2 Å². The van der Waals surface area contributed by atoms with Gasteiger partial charge in [0.25, 0.3) is 5.91 Å². The number of rotatable bonds is 5. The van der Waals surface area contributed by atoms with E-state index in [1.807, 2.05) is 0 Å². The summed E-state index contributed by atoms with van der Waals surface area (Å²) in [7, 11) is 3.58. The van der Waals surface area contributed by atoms with Crippen LogP contribution in [0.25, 0.3) is 0 Å². The Morgan fingerprint density at radius 2 is 1.89 bits per heavy atom. The molecule has 3 heterocycles. The molecule has 1 aromatic carbocycles. The van der Waals surface area contributed by atoms with Crippen LogP contribution in [-0.4, -0.2) is 66.2 Å². The van der Waals surface area contributed by atoms with E-state index in [9.17, 15) is 4.79 Å². The van der Waals surface area contributed by atoms with Crippen LogP contribution in [0, 0.1) is 0 Å². The van der Waals surface area contributed by atoms with E-state index in [0.717, 1.165) is 38.2 Å². The molecule has 0 radical (unpaired) electrons. The lowest BCUT2D eigenvalue weighted by Crippen LogP contribution is -2.35. The second-order valence-corrected chi connectivity index (χ2v) is 8.33. The molecule has 2 saturated heterocycles. The van der Waals surface area contributed by atoms with Gasteiger partial charge in [-0.05, 0) is 49.9 Å². The van der Waals surface area contributed by atoms with E-state index in [-0.39, 0.29) is 5.91 Å². The molecule has 4 rings (SSSR count). The lowest BCUT2D eigenvalue weighted by Gasteiger charge is -2.32. The summed E-state index contributed by atoms with van der Waals surface area (Å²) in [5.41, 5.74) is 4.42. The lowest BCUT2D eigenvalue weighted by atomic mass is 9.92. The van der Waals surface area contributed by atoms with Crippen LogP contribution in [0.2, 0.25) is 0 Å². The number of H-pyrrole nitrogens is 1. The van der Waals surface area contributed by atoms with E-state index in [2.05, 4.69) is 44.3 Å². The molecule has 0 bridgehead atoms. The minimum atomic E-state index is 0.0263. The number of benzene rings is 1. The number of aromatic amines is 1. The van der Waals surface area contributed by atoms with Crippen LogP contribution >= 0.6 is 0 Å². The molecule has 2 aliphatic rings. The van der Waals surface area contributed by atoms with Crippen LogP contribution in [-0.2, 0) is 6.54 Å². The van der Waals surface area contributed by atoms with E-state index in [4.69, 9.17) is 0 Å². The Morgan fingerprint density at radius 1 is 1.14 bits per heavy atom. The van der Waals surface area contributed by atoms with Crippen molar-refractivity contribution >= 4 is 11.6 Å². The van der Waals surface area contributed by atoms with Gasteiger partial charge in [0.2, 0.25) is 0 Å². The van der Waals surface area contributed by atoms with Gasteiger partial charge >= 0.3 is 0 Å². The molecule has 0 unspecified atom stereocenters. The number of aromatic nitrogens is 2. The van der Waals surface area contributed by atoms with Gasteiger partial charge in [0, 0.05) is 51.9 Å². The molecule has 2 aromatic rings. The first kappa shape index (κ1) is 19.0. The summed E-state index contributed by atoms with van der Waals surface area (Å²) >= 11 is 0. The van der Waals surface area contributed by atoms with Crippen molar-refractivity contribution in [2.45, 2.75) is 38.1 Å². The molecule has 2 aliphatic heterocycles. The van der Waals surface area contributed by atoms with Crippen molar-refractivity contribution in [3.8, 4) is 0 Å². The van der Waals surface area contributed by atoms with E-state index < -0.39 is 0 Å². The first-order valence-corrected chi connectivity index (χ1v) is 10.4. The van der Waals surface area contributed by atoms with Gasteiger partial charge < -0.3 is 9.80 Å². The summed E-state index contributed by atoms with van der Waals surface area (Å²) in [6.07, 6.45) is 6.53. The van der Waals surface area contributed by atoms with Crippen LogP contribution in [0.15, 0.2) is 30.5 Å². The molecular formula is C22H31N5O. The molecule has 0 spiro atoms. The van der Waals surface area contributed by atoms with E-state index >= 15 is 0 Å². The minimum Gasteiger partial charge on any atom is -0.372 e. The van der Waals surface area contributed by atoms with Gasteiger partial charge in [0.05, 0.1) is 17.5 Å². The predicted molar refractivity (Wildman–Crippen MR) is 112 cm³/mol. The molecular weight excluding hydrogens is 350 g/mol. The van der Waals surface area contributed by atoms with Crippen molar-refractivity contribution in [3.05, 3.63) is 47.3 Å². The molecule has 1 N–H and O–H groups in total. The molecule has 150 valence electrons. The molecule has 2 fully saturated rings. The topological polar surface area (TPSA) is 55.5 Å². The third-order valence-electron chi connectivity index (χ3n) is 6.03. The van der Waals surface area contributed by atoms with Crippen LogP contribution in [0.5, 0.6) is 0 Å². The Morgan fingerprint density at radius 3 is 2.61 bits per heavy atom. The second kappa shape index (κ2) is 8.35. The van der Waals surface area contributed by atoms with Crippen molar-refractivity contribution in [1.82, 2.24) is 20.0 Å². The number of amides is 1. The summed E-state index contributed by atoms with van der Waals surface area (Å²) in [6, 6.07) is 9.08. The Hall–Kier alpha value is -2.34. The normalized spacial score (nSPS) is 20.5. The summed E-state index contributed by atoms with van der Waals surface area (Å²) in [4.78, 5) is 19.0. The Balaban J connectivity index is 1.40. The fourth-order valence-electron chi connectivity index (χ4n) is 4.50. The van der Waals surface area contributed by atoms with Crippen LogP contribution in [0.3, 0.4) is 0 Å². The number of piperidine rings is 1. The number of anilines is 1. The first-order valence-electron chi connectivity index (χ1n) is 10.4. The molecule has 1 aromatic heterocycles. The summed E-state index contributed by atoms with van der Waals surface area (Å²) in [5.74, 6) is 0.359. The smallest absolute Gasteiger partial charge is 0.256 e. The molecule has 1 atom stereocenters. The molecule has 1 amide bonds. The number of carbonyl (C=O) groups is 1. The van der Waals surface area contributed by atoms with Crippen molar-refractivity contribution in [1.29, 1.82) is 0 Å². The Labute approximate surface area is 167 Å². The number of likely N-dealkylation sites (tertiary alicyclic amines) is 1. The summed E-state index contributed by atoms with van der Waals surface area (Å²) in [6.45, 7) is 5.40. The lowest BCUT2D eigenvalue weighted by molar-refractivity contribution is 0.0825. The Kier molecular flexibility index (Phi) is 5.67. The van der Waals surface area contributed by atoms with Gasteiger partial charge in [0.15, 0.2) is 0 Å². The van der Waals surface area contributed by atoms with Crippen molar-refractivity contribution in [2.75, 3.05) is 45.2 Å². The fourth-order valence-corrected chi connectivity index (χ4v) is 4.50. The van der Waals surface area contributed by atoms with Gasteiger partial charge in [-0.2, -0.15) is 5.10 Å². The van der Waals surface area contributed by atoms with Gasteiger partial charge in [0.1, 0.15) is 0 Å². The maximum absolute atomic E-state index is 12.4. The number of hydrogen-bond acceptors (Lipinski definition) is 4. The second-order valence-electron chi connectivity index (χ2n) is 8.33. The third-order valence-corrected chi connectivity index (χ3v) is 6.03. The van der Waals surface area contributed by atoms with Crippen LogP contribution < -0.4 is 4.90 Å². The Bertz CT molecular complexity index is 792. The molecule has 6 heteroatoms. The van der Waals surface area contributed by atoms with Gasteiger partial charge in [-0.25, -0.2) is 0 Å². The predicted octanol–water partition coefficient (Wildman–Crippen LogP) is 3.09. The first-order chi connectivity index (χ1) is 13.6. The van der Waals surface area contributed by atoms with Crippen LogP contribution in [0.4, 0.5) is 5.69 Å². The van der Waals surface area contributed by atoms with Gasteiger partial charge in [-0.15, -0.1) is 0 Å². The van der Waals surface area contributed by atoms with Crippen molar-refractivity contribution in [3.63, 3.8) is 0 Å². The summed E-state index contributed by atoms with van der Waals surface area (Å²) < 4.78 is 0. The molecule has 0 aliphatic carbocycles. The number of nitrogens with zero attached hydrogens (tertiary/aromatic N) is 4. The average molecular weight is 382 g/mol. The summed E-state index contributed by atoms with van der Waals surface area (Å²) in [5, 5.41) is 7.27. The molecule has 6 nitrogen and oxygen atoms in total. The molecule has 0 saturated carbocycles. The van der Waals surface area contributed by atoms with E-state index in [0.29, 0.717) is 11.5 Å². The molecule has 28 heavy (non-hydrogen) atoms. The maximum atomic E-state index is 12.4. The third kappa shape index (κ3) is 4.07. The highest BCUT2D eigenvalue weighted by Gasteiger charge is 2.27. The SMILES string of the molecule is CN(C)C(=O)c1cn[nH]c1[C@@H]1CCCN(Cc2ccc(N3CCCC3)cc2)C1. The average Bonchev–Trinajstić information content (AvgIpc) is 3.40. The fraction of sp³-hybridized carbons (Fsp3) is 0.545. The highest BCUT2D eigenvalue weighted by Crippen LogP contribution is 2.29. The standard InChI is InChI=1S/C22H31N5O/c1-25(2)22(28)20-14-23-24-21(20)18-6-5-11-26(16-18)15-17-7-9-19(10-8-17)27-12-3-4-13-27/h7-10,14,18H,3-6,11-13,15-16H2,1-2H3,(H,23,24)/t18-/m1/s1. The minimum absolute atomic E-state index is 0.0263. The number of carbonyl (C=O) groups excluding carboxylic acids is 1. The van der Waals surface area contributed by atoms with Crippen molar-refractivity contribution < 1.29 is 4.79 Å². The zero-order valence-corrected chi connectivity index (χ0v) is 17.0. The number of hydrogen-bond donors (Lipinski definition) is 1. The highest BCUT2D eigenvalue weighted by molar-refractivity contribution is 5.94. The number of nitrogens with one attached hydrogen (secondary N) is 1. The largest absolute Gasteiger partial charge is 0.372 e. The highest BCUT2D eigenvalue weighted by atomic mass is 16.2.